The van der Waals surface area contributed by atoms with Crippen LogP contribution in [0.3, 0.4) is 0 Å². The van der Waals surface area contributed by atoms with Crippen molar-refractivity contribution in [3.63, 3.8) is 0 Å². The summed E-state index contributed by atoms with van der Waals surface area (Å²) in [4.78, 5) is 6.64. The molecular weight excluding hydrogens is 330 g/mol. The van der Waals surface area contributed by atoms with Crippen molar-refractivity contribution in [1.82, 2.24) is 30.0 Å². The molecule has 0 amide bonds. The van der Waals surface area contributed by atoms with Crippen LogP contribution in [0.4, 0.5) is 5.82 Å². The topological polar surface area (TPSA) is 99.9 Å². The Hall–Kier alpha value is -2.89. The molecule has 2 saturated carbocycles. The molecule has 0 saturated heterocycles. The third-order valence-corrected chi connectivity index (χ3v) is 6.22. The van der Waals surface area contributed by atoms with Crippen LogP contribution >= 0.6 is 0 Å². The van der Waals surface area contributed by atoms with E-state index in [0.717, 1.165) is 35.9 Å². The highest BCUT2D eigenvalue weighted by Gasteiger charge is 2.48. The van der Waals surface area contributed by atoms with Crippen molar-refractivity contribution in [3.8, 4) is 6.19 Å². The zero-order chi connectivity index (χ0) is 17.3. The Morgan fingerprint density at radius 3 is 2.92 bits per heavy atom. The number of hydrogen-bond donors (Lipinski definition) is 1. The molecule has 0 bridgehead atoms. The molecule has 2 aromatic rings. The number of rotatable bonds is 2. The van der Waals surface area contributed by atoms with E-state index in [1.165, 1.54) is 30.4 Å². The SMILES string of the molecule is N#Cn1nnc(C2=NNC3C4CCCCC4n4cncc4N23)c1C1CC1. The molecule has 0 radical (unpaired) electrons. The first-order valence-corrected chi connectivity index (χ1v) is 9.37. The number of amidine groups is 1. The Kier molecular flexibility index (Phi) is 2.78. The van der Waals surface area contributed by atoms with E-state index >= 15 is 0 Å². The van der Waals surface area contributed by atoms with Gasteiger partial charge in [-0.05, 0) is 25.7 Å². The summed E-state index contributed by atoms with van der Waals surface area (Å²) in [5.74, 6) is 2.67. The second-order valence-electron chi connectivity index (χ2n) is 7.66. The monoisotopic (exact) mass is 349 g/mol. The van der Waals surface area contributed by atoms with Crippen LogP contribution in [0.1, 0.15) is 61.9 Å². The standard InChI is InChI=1S/C17H19N9/c18-8-25-15(10-5-6-10)14(20-23-25)17-22-21-16-11-3-1-2-4-12(11)24-9-19-7-13(24)26(16)17/h7,9-12,16,21H,1-6H2. The van der Waals surface area contributed by atoms with E-state index in [9.17, 15) is 5.26 Å². The third-order valence-electron chi connectivity index (χ3n) is 6.22. The van der Waals surface area contributed by atoms with Crippen LogP contribution in [0.2, 0.25) is 0 Å². The molecule has 1 N–H and O–H groups in total. The first-order chi connectivity index (χ1) is 12.9. The highest BCUT2D eigenvalue weighted by molar-refractivity contribution is 6.10. The Labute approximate surface area is 150 Å². The number of nitrogens with one attached hydrogen (secondary N) is 1. The first kappa shape index (κ1) is 14.3. The van der Waals surface area contributed by atoms with Gasteiger partial charge in [0.05, 0.1) is 18.2 Å². The lowest BCUT2D eigenvalue weighted by Crippen LogP contribution is -2.53. The molecule has 2 aromatic heterocycles. The third kappa shape index (κ3) is 1.79. The van der Waals surface area contributed by atoms with Crippen LogP contribution in [0.15, 0.2) is 17.6 Å². The average Bonchev–Trinajstić information content (AvgIpc) is 3.11. The molecule has 4 heterocycles. The molecule has 132 valence electrons. The minimum absolute atomic E-state index is 0.124. The summed E-state index contributed by atoms with van der Waals surface area (Å²) < 4.78 is 3.65. The summed E-state index contributed by atoms with van der Waals surface area (Å²) >= 11 is 0. The number of hydrazone groups is 1. The number of imidazole rings is 1. The molecule has 3 unspecified atom stereocenters. The van der Waals surface area contributed by atoms with Gasteiger partial charge in [-0.15, -0.1) is 9.78 Å². The van der Waals surface area contributed by atoms with Crippen molar-refractivity contribution in [3.05, 3.63) is 23.9 Å². The molecule has 2 aliphatic heterocycles. The summed E-state index contributed by atoms with van der Waals surface area (Å²) in [5.41, 5.74) is 4.99. The first-order valence-electron chi connectivity index (χ1n) is 9.37. The van der Waals surface area contributed by atoms with Crippen LogP contribution in [-0.2, 0) is 0 Å². The van der Waals surface area contributed by atoms with Crippen LogP contribution in [0.25, 0.3) is 0 Å². The number of nitrogens with zero attached hydrogens (tertiary/aromatic N) is 8. The van der Waals surface area contributed by atoms with Gasteiger partial charge in [-0.1, -0.05) is 18.1 Å². The minimum atomic E-state index is 0.124. The van der Waals surface area contributed by atoms with Gasteiger partial charge >= 0.3 is 0 Å². The molecule has 2 fully saturated rings. The van der Waals surface area contributed by atoms with Gasteiger partial charge in [-0.25, -0.2) is 4.98 Å². The van der Waals surface area contributed by atoms with Crippen LogP contribution in [-0.4, -0.2) is 36.5 Å². The lowest BCUT2D eigenvalue weighted by Gasteiger charge is -2.45. The van der Waals surface area contributed by atoms with Crippen molar-refractivity contribution in [2.75, 3.05) is 4.90 Å². The lowest BCUT2D eigenvalue weighted by molar-refractivity contribution is 0.176. The fourth-order valence-corrected chi connectivity index (χ4v) is 4.91. The summed E-state index contributed by atoms with van der Waals surface area (Å²) in [6.07, 6.45) is 13.1. The highest BCUT2D eigenvalue weighted by atomic mass is 15.6. The maximum absolute atomic E-state index is 9.39. The zero-order valence-corrected chi connectivity index (χ0v) is 14.3. The highest BCUT2D eigenvalue weighted by Crippen LogP contribution is 2.47. The van der Waals surface area contributed by atoms with Gasteiger partial charge in [0.15, 0.2) is 11.5 Å². The molecule has 2 aliphatic carbocycles. The Morgan fingerprint density at radius 2 is 2.08 bits per heavy atom. The van der Waals surface area contributed by atoms with Crippen molar-refractivity contribution in [2.45, 2.75) is 56.7 Å². The fourth-order valence-electron chi connectivity index (χ4n) is 4.91. The Morgan fingerprint density at radius 1 is 1.19 bits per heavy atom. The Balaban J connectivity index is 1.47. The van der Waals surface area contributed by atoms with Gasteiger partial charge in [0, 0.05) is 17.9 Å². The van der Waals surface area contributed by atoms with Crippen LogP contribution < -0.4 is 10.3 Å². The molecule has 0 spiro atoms. The zero-order valence-electron chi connectivity index (χ0n) is 14.3. The van der Waals surface area contributed by atoms with E-state index in [4.69, 9.17) is 0 Å². The maximum atomic E-state index is 9.39. The summed E-state index contributed by atoms with van der Waals surface area (Å²) in [6, 6.07) is 0.474. The number of fused-ring (bicyclic) bond motifs is 6. The largest absolute Gasteiger partial charge is 0.314 e. The van der Waals surface area contributed by atoms with E-state index < -0.39 is 0 Å². The lowest BCUT2D eigenvalue weighted by atomic mass is 9.80. The van der Waals surface area contributed by atoms with Crippen molar-refractivity contribution < 1.29 is 0 Å². The molecule has 0 aromatic carbocycles. The molecule has 9 nitrogen and oxygen atoms in total. The maximum Gasteiger partial charge on any atom is 0.208 e. The van der Waals surface area contributed by atoms with Gasteiger partial charge in [0.1, 0.15) is 12.0 Å². The molecule has 26 heavy (non-hydrogen) atoms. The van der Waals surface area contributed by atoms with Crippen molar-refractivity contribution >= 4 is 11.7 Å². The van der Waals surface area contributed by atoms with Crippen LogP contribution in [0, 0.1) is 17.4 Å². The fraction of sp³-hybridized carbons (Fsp3) is 0.588. The van der Waals surface area contributed by atoms with E-state index in [0.29, 0.717) is 17.9 Å². The van der Waals surface area contributed by atoms with Crippen molar-refractivity contribution in [1.29, 1.82) is 5.26 Å². The van der Waals surface area contributed by atoms with E-state index in [2.05, 4.69) is 41.5 Å². The average molecular weight is 349 g/mol. The van der Waals surface area contributed by atoms with Crippen LogP contribution in [0.5, 0.6) is 0 Å². The summed E-state index contributed by atoms with van der Waals surface area (Å²) in [6.45, 7) is 0. The number of hydrogen-bond acceptors (Lipinski definition) is 7. The number of nitriles is 1. The van der Waals surface area contributed by atoms with Gasteiger partial charge in [0.2, 0.25) is 6.19 Å². The van der Waals surface area contributed by atoms with Gasteiger partial charge in [-0.2, -0.15) is 10.4 Å². The smallest absolute Gasteiger partial charge is 0.208 e. The molecule has 4 aliphatic rings. The molecular formula is C17H19N9. The predicted octanol–water partition coefficient (Wildman–Crippen LogP) is 1.52. The molecule has 9 heteroatoms. The van der Waals surface area contributed by atoms with E-state index in [1.807, 2.05) is 12.5 Å². The van der Waals surface area contributed by atoms with E-state index in [-0.39, 0.29) is 6.17 Å². The quantitative estimate of drug-likeness (QED) is 0.882. The van der Waals surface area contributed by atoms with E-state index in [1.54, 1.807) is 0 Å². The van der Waals surface area contributed by atoms with Crippen molar-refractivity contribution in [2.24, 2.45) is 11.0 Å². The second-order valence-corrected chi connectivity index (χ2v) is 7.66. The van der Waals surface area contributed by atoms with Gasteiger partial charge in [0.25, 0.3) is 0 Å². The predicted molar refractivity (Wildman–Crippen MR) is 92.2 cm³/mol. The number of aromatic nitrogens is 5. The summed E-state index contributed by atoms with van der Waals surface area (Å²) in [7, 11) is 0. The normalized spacial score (nSPS) is 29.3. The van der Waals surface area contributed by atoms with Gasteiger partial charge < -0.3 is 4.57 Å². The minimum Gasteiger partial charge on any atom is -0.314 e. The second kappa shape index (κ2) is 5.06. The molecule has 3 atom stereocenters. The summed E-state index contributed by atoms with van der Waals surface area (Å²) in [5, 5.41) is 22.4. The number of anilines is 1. The van der Waals surface area contributed by atoms with Gasteiger partial charge in [-0.3, -0.25) is 10.3 Å². The molecule has 6 rings (SSSR count). The Bertz CT molecular complexity index is 944.